The van der Waals surface area contributed by atoms with Crippen LogP contribution in [0.4, 0.5) is 0 Å². The average molecular weight is 201 g/mol. The smallest absolute Gasteiger partial charge is 0.0487 e. The molecule has 0 amide bonds. The van der Waals surface area contributed by atoms with Crippen molar-refractivity contribution in [3.05, 3.63) is 0 Å². The Bertz CT molecular complexity index is 115. The summed E-state index contributed by atoms with van der Waals surface area (Å²) in [5.74, 6) is 1.48. The summed E-state index contributed by atoms with van der Waals surface area (Å²) in [6.07, 6.45) is 3.90. The number of methoxy groups -OCH3 is 1. The molecule has 2 nitrogen and oxygen atoms in total. The van der Waals surface area contributed by atoms with E-state index in [9.17, 15) is 0 Å². The van der Waals surface area contributed by atoms with E-state index >= 15 is 0 Å². The minimum atomic E-state index is 0.713. The van der Waals surface area contributed by atoms with E-state index in [2.05, 4.69) is 26.1 Å². The standard InChI is InChI=1S/C12H27NO/c1-11(2)9-13-8-6-5-7-12(3)10-14-4/h11-13H,5-10H2,1-4H3. The molecule has 0 bridgehead atoms. The molecule has 2 heteroatoms. The van der Waals surface area contributed by atoms with E-state index in [-0.39, 0.29) is 0 Å². The van der Waals surface area contributed by atoms with Gasteiger partial charge in [0.2, 0.25) is 0 Å². The zero-order valence-electron chi connectivity index (χ0n) is 10.3. The van der Waals surface area contributed by atoms with E-state index in [1.165, 1.54) is 19.3 Å². The van der Waals surface area contributed by atoms with Gasteiger partial charge in [-0.05, 0) is 37.8 Å². The van der Waals surface area contributed by atoms with E-state index in [4.69, 9.17) is 4.74 Å². The second-order valence-corrected chi connectivity index (χ2v) is 4.65. The summed E-state index contributed by atoms with van der Waals surface area (Å²) in [7, 11) is 1.78. The van der Waals surface area contributed by atoms with E-state index in [0.717, 1.165) is 25.6 Å². The van der Waals surface area contributed by atoms with Gasteiger partial charge in [-0.2, -0.15) is 0 Å². The van der Waals surface area contributed by atoms with Crippen LogP contribution in [0.25, 0.3) is 0 Å². The molecular formula is C12H27NO. The number of rotatable bonds is 9. The van der Waals surface area contributed by atoms with Crippen molar-refractivity contribution in [2.24, 2.45) is 11.8 Å². The second-order valence-electron chi connectivity index (χ2n) is 4.65. The lowest BCUT2D eigenvalue weighted by Crippen LogP contribution is -2.20. The Hall–Kier alpha value is -0.0800. The molecular weight excluding hydrogens is 174 g/mol. The predicted molar refractivity (Wildman–Crippen MR) is 62.6 cm³/mol. The maximum Gasteiger partial charge on any atom is 0.0487 e. The van der Waals surface area contributed by atoms with Crippen LogP contribution in [-0.4, -0.2) is 26.8 Å². The molecule has 0 heterocycles. The lowest BCUT2D eigenvalue weighted by atomic mass is 10.1. The Morgan fingerprint density at radius 3 is 2.43 bits per heavy atom. The molecule has 14 heavy (non-hydrogen) atoms. The highest BCUT2D eigenvalue weighted by atomic mass is 16.5. The van der Waals surface area contributed by atoms with E-state index in [1.807, 2.05) is 0 Å². The first-order valence-corrected chi connectivity index (χ1v) is 5.86. The predicted octanol–water partition coefficient (Wildman–Crippen LogP) is 2.68. The van der Waals surface area contributed by atoms with Gasteiger partial charge < -0.3 is 10.1 Å². The van der Waals surface area contributed by atoms with Gasteiger partial charge in [0, 0.05) is 13.7 Å². The highest BCUT2D eigenvalue weighted by Gasteiger charge is 2.00. The average Bonchev–Trinajstić information content (AvgIpc) is 2.11. The maximum absolute atomic E-state index is 5.10. The van der Waals surface area contributed by atoms with E-state index in [0.29, 0.717) is 5.92 Å². The Kier molecular flexibility index (Phi) is 9.42. The Morgan fingerprint density at radius 1 is 1.14 bits per heavy atom. The lowest BCUT2D eigenvalue weighted by molar-refractivity contribution is 0.154. The zero-order chi connectivity index (χ0) is 10.8. The van der Waals surface area contributed by atoms with Crippen LogP contribution in [0, 0.1) is 11.8 Å². The largest absolute Gasteiger partial charge is 0.384 e. The third-order valence-electron chi connectivity index (χ3n) is 2.30. The van der Waals surface area contributed by atoms with Crippen LogP contribution in [0.15, 0.2) is 0 Å². The fourth-order valence-electron chi connectivity index (χ4n) is 1.50. The Labute approximate surface area is 89.4 Å². The van der Waals surface area contributed by atoms with Crippen LogP contribution in [0.3, 0.4) is 0 Å². The molecule has 0 saturated heterocycles. The molecule has 0 aliphatic carbocycles. The summed E-state index contributed by atoms with van der Waals surface area (Å²) >= 11 is 0. The van der Waals surface area contributed by atoms with Crippen LogP contribution in [0.1, 0.15) is 40.0 Å². The summed E-state index contributed by atoms with van der Waals surface area (Å²) in [5.41, 5.74) is 0. The van der Waals surface area contributed by atoms with Gasteiger partial charge in [-0.1, -0.05) is 27.2 Å². The third-order valence-corrected chi connectivity index (χ3v) is 2.30. The fourth-order valence-corrected chi connectivity index (χ4v) is 1.50. The van der Waals surface area contributed by atoms with Crippen LogP contribution in [0.2, 0.25) is 0 Å². The van der Waals surface area contributed by atoms with Gasteiger partial charge >= 0.3 is 0 Å². The second kappa shape index (κ2) is 9.47. The molecule has 0 aromatic heterocycles. The minimum absolute atomic E-state index is 0.713. The zero-order valence-corrected chi connectivity index (χ0v) is 10.3. The van der Waals surface area contributed by atoms with Crippen molar-refractivity contribution in [2.45, 2.75) is 40.0 Å². The first kappa shape index (κ1) is 13.9. The van der Waals surface area contributed by atoms with Crippen molar-refractivity contribution < 1.29 is 4.74 Å². The molecule has 1 atom stereocenters. The molecule has 0 fully saturated rings. The molecule has 0 radical (unpaired) electrons. The van der Waals surface area contributed by atoms with Crippen LogP contribution >= 0.6 is 0 Å². The Balaban J connectivity index is 3.05. The van der Waals surface area contributed by atoms with Gasteiger partial charge in [0.25, 0.3) is 0 Å². The monoisotopic (exact) mass is 201 g/mol. The highest BCUT2D eigenvalue weighted by Crippen LogP contribution is 2.07. The topological polar surface area (TPSA) is 21.3 Å². The molecule has 0 aromatic carbocycles. The van der Waals surface area contributed by atoms with Gasteiger partial charge in [0.15, 0.2) is 0 Å². The van der Waals surface area contributed by atoms with Crippen LogP contribution < -0.4 is 5.32 Å². The van der Waals surface area contributed by atoms with Crippen LogP contribution in [-0.2, 0) is 4.74 Å². The number of hydrogen-bond acceptors (Lipinski definition) is 2. The first-order chi connectivity index (χ1) is 6.66. The van der Waals surface area contributed by atoms with Crippen LogP contribution in [0.5, 0.6) is 0 Å². The van der Waals surface area contributed by atoms with Crippen molar-refractivity contribution in [1.29, 1.82) is 0 Å². The molecule has 0 spiro atoms. The highest BCUT2D eigenvalue weighted by molar-refractivity contribution is 4.55. The molecule has 0 aliphatic rings. The number of ether oxygens (including phenoxy) is 1. The van der Waals surface area contributed by atoms with Gasteiger partial charge in [0.05, 0.1) is 0 Å². The van der Waals surface area contributed by atoms with Crippen molar-refractivity contribution >= 4 is 0 Å². The normalized spacial score (nSPS) is 13.5. The van der Waals surface area contributed by atoms with Crippen molar-refractivity contribution in [1.82, 2.24) is 5.32 Å². The maximum atomic E-state index is 5.10. The lowest BCUT2D eigenvalue weighted by Gasteiger charge is -2.10. The molecule has 1 N–H and O–H groups in total. The van der Waals surface area contributed by atoms with Gasteiger partial charge in [-0.3, -0.25) is 0 Å². The molecule has 1 unspecified atom stereocenters. The fraction of sp³-hybridized carbons (Fsp3) is 1.00. The van der Waals surface area contributed by atoms with Gasteiger partial charge in [-0.15, -0.1) is 0 Å². The van der Waals surface area contributed by atoms with E-state index in [1.54, 1.807) is 7.11 Å². The number of unbranched alkanes of at least 4 members (excludes halogenated alkanes) is 1. The summed E-state index contributed by atoms with van der Waals surface area (Å²) in [5, 5.41) is 3.46. The quantitative estimate of drug-likeness (QED) is 0.579. The van der Waals surface area contributed by atoms with E-state index < -0.39 is 0 Å². The molecule has 0 aliphatic heterocycles. The third kappa shape index (κ3) is 10.0. The van der Waals surface area contributed by atoms with Crippen molar-refractivity contribution in [3.63, 3.8) is 0 Å². The first-order valence-electron chi connectivity index (χ1n) is 5.86. The van der Waals surface area contributed by atoms with Crippen molar-refractivity contribution in [2.75, 3.05) is 26.8 Å². The number of nitrogens with one attached hydrogen (secondary N) is 1. The summed E-state index contributed by atoms with van der Waals surface area (Å²) in [6, 6.07) is 0. The molecule has 0 saturated carbocycles. The van der Waals surface area contributed by atoms with Gasteiger partial charge in [0.1, 0.15) is 0 Å². The summed E-state index contributed by atoms with van der Waals surface area (Å²) < 4.78 is 5.10. The Morgan fingerprint density at radius 2 is 1.86 bits per heavy atom. The SMILES string of the molecule is COCC(C)CCCCNCC(C)C. The molecule has 0 rings (SSSR count). The molecule has 86 valence electrons. The molecule has 0 aromatic rings. The minimum Gasteiger partial charge on any atom is -0.384 e. The van der Waals surface area contributed by atoms with Crippen molar-refractivity contribution in [3.8, 4) is 0 Å². The summed E-state index contributed by atoms with van der Waals surface area (Å²) in [4.78, 5) is 0. The number of hydrogen-bond donors (Lipinski definition) is 1. The summed E-state index contributed by atoms with van der Waals surface area (Å²) in [6.45, 7) is 9.96. The van der Waals surface area contributed by atoms with Gasteiger partial charge in [-0.25, -0.2) is 0 Å².